The van der Waals surface area contributed by atoms with Crippen LogP contribution in [0, 0.1) is 4.77 Å². The van der Waals surface area contributed by atoms with Gasteiger partial charge in [-0.25, -0.2) is 0 Å². The standard InChI is InChI=1S/C19H16BrN3O2S/c20-12-5-7-13(8-6-12)23-18(25)15(17(24)22-19(23)26)16-14-4-2-1-3-11(14)9-10-21-16/h1-8,16,21,25H,9-10H2,(H,22,24,26)/t16-/m1/s1. The zero-order valence-electron chi connectivity index (χ0n) is 13.7. The molecule has 4 rings (SSSR count). The molecule has 0 unspecified atom stereocenters. The van der Waals surface area contributed by atoms with Crippen molar-refractivity contribution in [3.8, 4) is 11.6 Å². The fourth-order valence-electron chi connectivity index (χ4n) is 3.39. The molecule has 2 heterocycles. The molecule has 0 radical (unpaired) electrons. The minimum Gasteiger partial charge on any atom is -0.494 e. The molecule has 1 aromatic heterocycles. The van der Waals surface area contributed by atoms with Crippen molar-refractivity contribution >= 4 is 28.1 Å². The van der Waals surface area contributed by atoms with E-state index in [1.165, 1.54) is 10.1 Å². The molecule has 0 amide bonds. The van der Waals surface area contributed by atoms with Crippen LogP contribution in [0.5, 0.6) is 5.88 Å². The van der Waals surface area contributed by atoms with Crippen LogP contribution in [-0.4, -0.2) is 21.2 Å². The lowest BCUT2D eigenvalue weighted by atomic mass is 9.90. The maximum atomic E-state index is 12.7. The van der Waals surface area contributed by atoms with Gasteiger partial charge in [-0.05, 0) is 54.0 Å². The van der Waals surface area contributed by atoms with Crippen molar-refractivity contribution in [2.75, 3.05) is 6.54 Å². The summed E-state index contributed by atoms with van der Waals surface area (Å²) in [5.41, 5.74) is 2.74. The number of nitrogens with zero attached hydrogens (tertiary/aromatic N) is 1. The maximum Gasteiger partial charge on any atom is 0.260 e. The van der Waals surface area contributed by atoms with E-state index in [1.54, 1.807) is 0 Å². The van der Waals surface area contributed by atoms with Gasteiger partial charge < -0.3 is 10.4 Å². The molecule has 0 saturated carbocycles. The number of fused-ring (bicyclic) bond motifs is 1. The predicted octanol–water partition coefficient (Wildman–Crippen LogP) is 3.60. The van der Waals surface area contributed by atoms with Crippen molar-refractivity contribution in [2.45, 2.75) is 12.5 Å². The molecule has 26 heavy (non-hydrogen) atoms. The Hall–Kier alpha value is -2.22. The molecule has 0 fully saturated rings. The normalized spacial score (nSPS) is 16.3. The summed E-state index contributed by atoms with van der Waals surface area (Å²) < 4.78 is 2.56. The van der Waals surface area contributed by atoms with Crippen molar-refractivity contribution in [1.82, 2.24) is 14.9 Å². The predicted molar refractivity (Wildman–Crippen MR) is 107 cm³/mol. The summed E-state index contributed by atoms with van der Waals surface area (Å²) in [6, 6.07) is 14.9. The highest BCUT2D eigenvalue weighted by atomic mass is 79.9. The molecule has 1 atom stereocenters. The summed E-state index contributed by atoms with van der Waals surface area (Å²) in [6.07, 6.45) is 0.886. The molecule has 0 saturated heterocycles. The quantitative estimate of drug-likeness (QED) is 0.544. The third-order valence-corrected chi connectivity index (χ3v) is 5.42. The van der Waals surface area contributed by atoms with Gasteiger partial charge in [0.25, 0.3) is 5.56 Å². The SMILES string of the molecule is O=c1[nH]c(=S)n(-c2ccc(Br)cc2)c(O)c1[C@@H]1NCCc2ccccc21. The average Bonchev–Trinajstić information content (AvgIpc) is 2.63. The Morgan fingerprint density at radius 2 is 1.88 bits per heavy atom. The number of aromatic nitrogens is 2. The van der Waals surface area contributed by atoms with Gasteiger partial charge in [0.05, 0.1) is 17.3 Å². The van der Waals surface area contributed by atoms with Crippen molar-refractivity contribution < 1.29 is 5.11 Å². The first-order valence-corrected chi connectivity index (χ1v) is 9.41. The molecule has 1 aliphatic rings. The van der Waals surface area contributed by atoms with E-state index in [2.05, 4.69) is 32.3 Å². The highest BCUT2D eigenvalue weighted by Crippen LogP contribution is 2.32. The van der Waals surface area contributed by atoms with Gasteiger partial charge in [0.15, 0.2) is 4.77 Å². The first-order chi connectivity index (χ1) is 12.6. The smallest absolute Gasteiger partial charge is 0.260 e. The molecular formula is C19H16BrN3O2S. The Bertz CT molecular complexity index is 1090. The molecule has 0 spiro atoms. The van der Waals surface area contributed by atoms with E-state index >= 15 is 0 Å². The number of rotatable bonds is 2. The summed E-state index contributed by atoms with van der Waals surface area (Å²) in [4.78, 5) is 15.4. The van der Waals surface area contributed by atoms with E-state index in [1.807, 2.05) is 42.5 Å². The fourth-order valence-corrected chi connectivity index (χ4v) is 3.94. The van der Waals surface area contributed by atoms with Gasteiger partial charge >= 0.3 is 0 Å². The minimum absolute atomic E-state index is 0.143. The number of nitrogens with one attached hydrogen (secondary N) is 2. The molecule has 2 aromatic carbocycles. The van der Waals surface area contributed by atoms with Gasteiger partial charge in [-0.1, -0.05) is 40.2 Å². The Morgan fingerprint density at radius 1 is 1.15 bits per heavy atom. The summed E-state index contributed by atoms with van der Waals surface area (Å²) in [5, 5.41) is 14.3. The number of hydrogen-bond acceptors (Lipinski definition) is 4. The third-order valence-electron chi connectivity index (χ3n) is 4.60. The average molecular weight is 430 g/mol. The van der Waals surface area contributed by atoms with Gasteiger partial charge in [-0.2, -0.15) is 0 Å². The van der Waals surface area contributed by atoms with Gasteiger partial charge in [-0.3, -0.25) is 14.3 Å². The molecular weight excluding hydrogens is 414 g/mol. The molecule has 5 nitrogen and oxygen atoms in total. The lowest BCUT2D eigenvalue weighted by molar-refractivity contribution is 0.413. The minimum atomic E-state index is -0.388. The number of H-pyrrole nitrogens is 1. The zero-order valence-corrected chi connectivity index (χ0v) is 16.1. The van der Waals surface area contributed by atoms with Crippen LogP contribution < -0.4 is 10.9 Å². The molecule has 7 heteroatoms. The number of aromatic hydroxyl groups is 1. The topological polar surface area (TPSA) is 70.0 Å². The molecule has 132 valence electrons. The largest absolute Gasteiger partial charge is 0.494 e. The van der Waals surface area contributed by atoms with Gasteiger partial charge in [0.1, 0.15) is 0 Å². The van der Waals surface area contributed by atoms with Crippen LogP contribution in [0.1, 0.15) is 22.7 Å². The Morgan fingerprint density at radius 3 is 2.65 bits per heavy atom. The van der Waals surface area contributed by atoms with Crippen molar-refractivity contribution in [2.24, 2.45) is 0 Å². The second-order valence-electron chi connectivity index (χ2n) is 6.14. The third kappa shape index (κ3) is 2.92. The Labute approximate surface area is 163 Å². The second kappa shape index (κ2) is 6.83. The van der Waals surface area contributed by atoms with Gasteiger partial charge in [0, 0.05) is 11.0 Å². The fraction of sp³-hybridized carbons (Fsp3) is 0.158. The zero-order chi connectivity index (χ0) is 18.3. The van der Waals surface area contributed by atoms with Crippen LogP contribution in [0.2, 0.25) is 0 Å². The van der Waals surface area contributed by atoms with Crippen LogP contribution in [0.4, 0.5) is 0 Å². The first-order valence-electron chi connectivity index (χ1n) is 8.21. The number of halogens is 1. The van der Waals surface area contributed by atoms with Crippen molar-refractivity contribution in [3.63, 3.8) is 0 Å². The second-order valence-corrected chi connectivity index (χ2v) is 7.45. The molecule has 3 aromatic rings. The van der Waals surface area contributed by atoms with E-state index in [9.17, 15) is 9.90 Å². The molecule has 1 aliphatic heterocycles. The summed E-state index contributed by atoms with van der Waals surface area (Å²) >= 11 is 8.69. The maximum absolute atomic E-state index is 12.7. The molecule has 0 aliphatic carbocycles. The lowest BCUT2D eigenvalue weighted by Gasteiger charge is -2.27. The van der Waals surface area contributed by atoms with E-state index in [-0.39, 0.29) is 27.8 Å². The Balaban J connectivity index is 1.94. The van der Waals surface area contributed by atoms with Crippen molar-refractivity contribution in [1.29, 1.82) is 0 Å². The van der Waals surface area contributed by atoms with Crippen LogP contribution in [0.15, 0.2) is 57.8 Å². The van der Waals surface area contributed by atoms with Crippen LogP contribution in [-0.2, 0) is 6.42 Å². The van der Waals surface area contributed by atoms with Crippen LogP contribution in [0.3, 0.4) is 0 Å². The van der Waals surface area contributed by atoms with E-state index in [0.717, 1.165) is 23.0 Å². The number of aromatic amines is 1. The van der Waals surface area contributed by atoms with Gasteiger partial charge in [0.2, 0.25) is 5.88 Å². The van der Waals surface area contributed by atoms with Gasteiger partial charge in [-0.15, -0.1) is 0 Å². The summed E-state index contributed by atoms with van der Waals surface area (Å²) in [7, 11) is 0. The number of hydrogen-bond donors (Lipinski definition) is 3. The monoisotopic (exact) mass is 429 g/mol. The van der Waals surface area contributed by atoms with E-state index in [4.69, 9.17) is 12.2 Å². The summed E-state index contributed by atoms with van der Waals surface area (Å²) in [5.74, 6) is -0.143. The van der Waals surface area contributed by atoms with Crippen LogP contribution >= 0.6 is 28.1 Å². The first kappa shape index (κ1) is 17.2. The highest BCUT2D eigenvalue weighted by molar-refractivity contribution is 9.10. The molecule has 0 bridgehead atoms. The Kier molecular flexibility index (Phi) is 4.52. The lowest BCUT2D eigenvalue weighted by Crippen LogP contribution is -2.35. The van der Waals surface area contributed by atoms with Crippen molar-refractivity contribution in [3.05, 3.63) is 84.8 Å². The molecule has 3 N–H and O–H groups in total. The number of benzene rings is 2. The highest BCUT2D eigenvalue weighted by Gasteiger charge is 2.28. The van der Waals surface area contributed by atoms with E-state index in [0.29, 0.717) is 5.69 Å². The summed E-state index contributed by atoms with van der Waals surface area (Å²) in [6.45, 7) is 0.731. The van der Waals surface area contributed by atoms with E-state index < -0.39 is 0 Å². The van der Waals surface area contributed by atoms with Crippen LogP contribution in [0.25, 0.3) is 5.69 Å².